The lowest BCUT2D eigenvalue weighted by Gasteiger charge is -2.38. The Morgan fingerprint density at radius 1 is 1.19 bits per heavy atom. The normalized spacial score (nSPS) is 17.8. The summed E-state index contributed by atoms with van der Waals surface area (Å²) in [6, 6.07) is 4.84. The zero-order valence-corrected chi connectivity index (χ0v) is 18.2. The fraction of sp³-hybridized carbons (Fsp3) is 0.696. The molecule has 0 atom stereocenters. The molecule has 0 saturated carbocycles. The summed E-state index contributed by atoms with van der Waals surface area (Å²) in [6.07, 6.45) is 6.65. The van der Waals surface area contributed by atoms with Crippen LogP contribution in [0.25, 0.3) is 0 Å². The second-order valence-electron chi connectivity index (χ2n) is 8.86. The minimum Gasteiger partial charge on any atom is -0.384 e. The van der Waals surface area contributed by atoms with E-state index in [1.54, 1.807) is 7.11 Å². The average Bonchev–Trinajstić information content (AvgIpc) is 2.99. The number of hydrogen-bond donors (Lipinski definition) is 1. The summed E-state index contributed by atoms with van der Waals surface area (Å²) in [7, 11) is 1.71. The van der Waals surface area contributed by atoms with Crippen LogP contribution in [0.2, 0.25) is 0 Å². The Morgan fingerprint density at radius 2 is 1.81 bits per heavy atom. The molecule has 4 heteroatoms. The van der Waals surface area contributed by atoms with Crippen LogP contribution in [0.3, 0.4) is 0 Å². The molecule has 2 aliphatic rings. The van der Waals surface area contributed by atoms with E-state index in [-0.39, 0.29) is 11.0 Å². The van der Waals surface area contributed by atoms with Gasteiger partial charge in [0, 0.05) is 37.8 Å². The number of amides is 1. The highest BCUT2D eigenvalue weighted by molar-refractivity contribution is 5.64. The molecule has 1 aromatic carbocycles. The standard InChI is InChI=1S/C18H26N2O.C5H12O/c1-3-5-15-11-17-16(10-14(15)4-2)18(12-19-17)6-8-20(13-21)9-7-18;1-5(2,3)6-4/h10-11,13,19H,3-9,12H2,1-2H3;1-4H3. The molecular weight excluding hydrogens is 336 g/mol. The Labute approximate surface area is 165 Å². The predicted octanol–water partition coefficient (Wildman–Crippen LogP) is 4.55. The van der Waals surface area contributed by atoms with Crippen LogP contribution in [-0.2, 0) is 27.8 Å². The molecule has 1 N–H and O–H groups in total. The van der Waals surface area contributed by atoms with Crippen molar-refractivity contribution in [3.8, 4) is 0 Å². The Bertz CT molecular complexity index is 626. The van der Waals surface area contributed by atoms with Gasteiger partial charge in [-0.05, 0) is 69.2 Å². The average molecular weight is 375 g/mol. The third-order valence-electron chi connectivity index (χ3n) is 5.95. The molecule has 1 aromatic rings. The lowest BCUT2D eigenvalue weighted by atomic mass is 9.73. The van der Waals surface area contributed by atoms with Crippen LogP contribution in [0.1, 0.15) is 70.6 Å². The number of ether oxygens (including phenoxy) is 1. The highest BCUT2D eigenvalue weighted by atomic mass is 16.5. The quantitative estimate of drug-likeness (QED) is 0.786. The molecule has 152 valence electrons. The molecule has 0 radical (unpaired) electrons. The number of fused-ring (bicyclic) bond motifs is 2. The van der Waals surface area contributed by atoms with Crippen LogP contribution < -0.4 is 5.32 Å². The Morgan fingerprint density at radius 3 is 2.30 bits per heavy atom. The SMILES string of the molecule is CCCc1cc2c(cc1CC)C1(CCN(C=O)CC1)CN2.COC(C)(C)C. The van der Waals surface area contributed by atoms with Gasteiger partial charge in [-0.1, -0.05) is 26.3 Å². The van der Waals surface area contributed by atoms with Crippen molar-refractivity contribution in [2.24, 2.45) is 0 Å². The number of anilines is 1. The highest BCUT2D eigenvalue weighted by Gasteiger charge is 2.41. The molecule has 3 rings (SSSR count). The second-order valence-corrected chi connectivity index (χ2v) is 8.86. The zero-order valence-electron chi connectivity index (χ0n) is 18.2. The number of aryl methyl sites for hydroxylation is 2. The maximum Gasteiger partial charge on any atom is 0.209 e. The van der Waals surface area contributed by atoms with Crippen LogP contribution in [0.5, 0.6) is 0 Å². The number of nitrogens with one attached hydrogen (secondary N) is 1. The van der Waals surface area contributed by atoms with E-state index >= 15 is 0 Å². The molecule has 27 heavy (non-hydrogen) atoms. The van der Waals surface area contributed by atoms with Crippen LogP contribution in [-0.4, -0.2) is 43.7 Å². The lowest BCUT2D eigenvalue weighted by Crippen LogP contribution is -2.43. The van der Waals surface area contributed by atoms with Crippen molar-refractivity contribution in [2.45, 2.75) is 77.7 Å². The molecule has 0 bridgehead atoms. The van der Waals surface area contributed by atoms with E-state index in [1.165, 1.54) is 35.2 Å². The molecule has 0 aliphatic carbocycles. The molecule has 2 aliphatic heterocycles. The van der Waals surface area contributed by atoms with E-state index in [0.717, 1.165) is 45.3 Å². The molecule has 2 heterocycles. The minimum atomic E-state index is 0.0417. The first kappa shape index (κ1) is 21.7. The van der Waals surface area contributed by atoms with Crippen molar-refractivity contribution in [1.82, 2.24) is 4.90 Å². The van der Waals surface area contributed by atoms with Crippen molar-refractivity contribution < 1.29 is 9.53 Å². The predicted molar refractivity (Wildman–Crippen MR) is 114 cm³/mol. The summed E-state index contributed by atoms with van der Waals surface area (Å²) in [5, 5.41) is 3.64. The maximum absolute atomic E-state index is 10.9. The van der Waals surface area contributed by atoms with Gasteiger partial charge in [-0.2, -0.15) is 0 Å². The van der Waals surface area contributed by atoms with E-state index in [0.29, 0.717) is 0 Å². The Hall–Kier alpha value is -1.55. The largest absolute Gasteiger partial charge is 0.384 e. The zero-order chi connectivity index (χ0) is 20.1. The number of carbonyl (C=O) groups is 1. The molecule has 1 saturated heterocycles. The topological polar surface area (TPSA) is 41.6 Å². The van der Waals surface area contributed by atoms with Crippen LogP contribution >= 0.6 is 0 Å². The molecule has 1 fully saturated rings. The molecule has 0 unspecified atom stereocenters. The van der Waals surface area contributed by atoms with Gasteiger partial charge in [-0.3, -0.25) is 4.79 Å². The van der Waals surface area contributed by atoms with Gasteiger partial charge in [-0.15, -0.1) is 0 Å². The number of piperidine rings is 1. The number of benzene rings is 1. The van der Waals surface area contributed by atoms with Crippen LogP contribution in [0.4, 0.5) is 5.69 Å². The van der Waals surface area contributed by atoms with Crippen molar-refractivity contribution in [3.63, 3.8) is 0 Å². The smallest absolute Gasteiger partial charge is 0.209 e. The summed E-state index contributed by atoms with van der Waals surface area (Å²) >= 11 is 0. The van der Waals surface area contributed by atoms with Gasteiger partial charge in [-0.25, -0.2) is 0 Å². The lowest BCUT2D eigenvalue weighted by molar-refractivity contribution is -0.119. The van der Waals surface area contributed by atoms with E-state index in [2.05, 4.69) is 31.3 Å². The molecule has 0 aromatic heterocycles. The van der Waals surface area contributed by atoms with Gasteiger partial charge in [0.2, 0.25) is 6.41 Å². The van der Waals surface area contributed by atoms with E-state index in [4.69, 9.17) is 4.74 Å². The van der Waals surface area contributed by atoms with Crippen molar-refractivity contribution in [1.29, 1.82) is 0 Å². The number of hydrogen-bond acceptors (Lipinski definition) is 3. The van der Waals surface area contributed by atoms with Gasteiger partial charge >= 0.3 is 0 Å². The number of rotatable bonds is 4. The summed E-state index contributed by atoms with van der Waals surface area (Å²) in [6.45, 7) is 13.4. The Balaban J connectivity index is 0.000000380. The summed E-state index contributed by atoms with van der Waals surface area (Å²) < 4.78 is 4.94. The summed E-state index contributed by atoms with van der Waals surface area (Å²) in [4.78, 5) is 12.8. The van der Waals surface area contributed by atoms with Gasteiger partial charge < -0.3 is 15.0 Å². The fourth-order valence-corrected chi connectivity index (χ4v) is 3.97. The van der Waals surface area contributed by atoms with E-state index in [9.17, 15) is 4.79 Å². The van der Waals surface area contributed by atoms with Gasteiger partial charge in [0.05, 0.1) is 5.60 Å². The molecular formula is C23H38N2O2. The van der Waals surface area contributed by atoms with Crippen LogP contribution in [0, 0.1) is 0 Å². The third-order valence-corrected chi connectivity index (χ3v) is 5.95. The van der Waals surface area contributed by atoms with Crippen molar-refractivity contribution in [3.05, 3.63) is 28.8 Å². The number of methoxy groups -OCH3 is 1. The molecule has 4 nitrogen and oxygen atoms in total. The Kier molecular flexibility index (Phi) is 7.32. The van der Waals surface area contributed by atoms with Crippen molar-refractivity contribution >= 4 is 12.1 Å². The number of likely N-dealkylation sites (tertiary alicyclic amines) is 1. The maximum atomic E-state index is 10.9. The first-order valence-corrected chi connectivity index (χ1v) is 10.4. The van der Waals surface area contributed by atoms with Crippen molar-refractivity contribution in [2.75, 3.05) is 32.1 Å². The monoisotopic (exact) mass is 374 g/mol. The van der Waals surface area contributed by atoms with Gasteiger partial charge in [0.15, 0.2) is 0 Å². The first-order valence-electron chi connectivity index (χ1n) is 10.4. The molecule has 1 amide bonds. The fourth-order valence-electron chi connectivity index (χ4n) is 3.97. The number of nitrogens with zero attached hydrogens (tertiary/aromatic N) is 1. The summed E-state index contributed by atoms with van der Waals surface area (Å²) in [5.74, 6) is 0. The highest BCUT2D eigenvalue weighted by Crippen LogP contribution is 2.45. The summed E-state index contributed by atoms with van der Waals surface area (Å²) in [5.41, 5.74) is 6.16. The second kappa shape index (κ2) is 9.09. The third kappa shape index (κ3) is 5.25. The minimum absolute atomic E-state index is 0.0417. The van der Waals surface area contributed by atoms with E-state index in [1.807, 2.05) is 25.7 Å². The first-order chi connectivity index (χ1) is 12.8. The van der Waals surface area contributed by atoms with Gasteiger partial charge in [0.25, 0.3) is 0 Å². The number of carbonyl (C=O) groups excluding carboxylic acids is 1. The van der Waals surface area contributed by atoms with E-state index < -0.39 is 0 Å². The molecule has 1 spiro atoms. The van der Waals surface area contributed by atoms with Crippen LogP contribution in [0.15, 0.2) is 12.1 Å². The van der Waals surface area contributed by atoms with Gasteiger partial charge in [0.1, 0.15) is 0 Å².